The summed E-state index contributed by atoms with van der Waals surface area (Å²) in [5.74, 6) is 2.03. The summed E-state index contributed by atoms with van der Waals surface area (Å²) < 4.78 is 0. The van der Waals surface area contributed by atoms with Crippen LogP contribution < -0.4 is 0 Å². The molecule has 0 heterocycles. The standard InChI is InChI=1S/C18H22O2S/c1-18-7-6-12-11-3-2-10(19)8-14(11)16(21)9-13(12)15(18)4-5-17(18)20/h2-3,8,12-13,15,17,19-20H,4-7,9H2,1H3/t12-,13-,15+,17?,18+/m1/s1. The van der Waals surface area contributed by atoms with Crippen LogP contribution in [0.15, 0.2) is 18.2 Å². The highest BCUT2D eigenvalue weighted by atomic mass is 32.1. The number of hydrogen-bond acceptors (Lipinski definition) is 3. The van der Waals surface area contributed by atoms with Gasteiger partial charge in [0, 0.05) is 4.86 Å². The highest BCUT2D eigenvalue weighted by molar-refractivity contribution is 7.80. The topological polar surface area (TPSA) is 40.5 Å². The number of aromatic hydroxyl groups is 1. The molecule has 112 valence electrons. The Morgan fingerprint density at radius 1 is 1.24 bits per heavy atom. The summed E-state index contributed by atoms with van der Waals surface area (Å²) in [6.07, 6.45) is 5.12. The van der Waals surface area contributed by atoms with E-state index in [-0.39, 0.29) is 11.5 Å². The van der Waals surface area contributed by atoms with Gasteiger partial charge in [-0.15, -0.1) is 0 Å². The summed E-state index contributed by atoms with van der Waals surface area (Å²) in [6.45, 7) is 2.28. The maximum Gasteiger partial charge on any atom is 0.116 e. The number of rotatable bonds is 0. The van der Waals surface area contributed by atoms with Crippen molar-refractivity contribution < 1.29 is 10.2 Å². The van der Waals surface area contributed by atoms with Gasteiger partial charge in [0.15, 0.2) is 0 Å². The van der Waals surface area contributed by atoms with Gasteiger partial charge in [-0.2, -0.15) is 0 Å². The van der Waals surface area contributed by atoms with E-state index in [2.05, 4.69) is 13.0 Å². The molecule has 0 aromatic heterocycles. The molecule has 1 unspecified atom stereocenters. The highest BCUT2D eigenvalue weighted by Gasteiger charge is 2.54. The van der Waals surface area contributed by atoms with Crippen LogP contribution >= 0.6 is 12.2 Å². The number of aliphatic hydroxyl groups is 1. The summed E-state index contributed by atoms with van der Waals surface area (Å²) in [6, 6.07) is 5.70. The van der Waals surface area contributed by atoms with Crippen molar-refractivity contribution in [1.29, 1.82) is 0 Å². The Morgan fingerprint density at radius 2 is 2.05 bits per heavy atom. The molecule has 2 saturated carbocycles. The molecule has 3 aliphatic carbocycles. The molecular weight excluding hydrogens is 280 g/mol. The van der Waals surface area contributed by atoms with E-state index in [1.807, 2.05) is 6.07 Å². The minimum atomic E-state index is -0.141. The van der Waals surface area contributed by atoms with Crippen molar-refractivity contribution in [2.24, 2.45) is 17.3 Å². The van der Waals surface area contributed by atoms with Crippen molar-refractivity contribution in [3.63, 3.8) is 0 Å². The van der Waals surface area contributed by atoms with Gasteiger partial charge in [-0.05, 0) is 78.5 Å². The Balaban J connectivity index is 1.77. The predicted molar refractivity (Wildman–Crippen MR) is 86.7 cm³/mol. The minimum Gasteiger partial charge on any atom is -0.508 e. The van der Waals surface area contributed by atoms with Crippen LogP contribution in [-0.2, 0) is 0 Å². The van der Waals surface area contributed by atoms with Gasteiger partial charge < -0.3 is 10.2 Å². The summed E-state index contributed by atoms with van der Waals surface area (Å²) in [4.78, 5) is 0.993. The molecule has 3 aliphatic rings. The quantitative estimate of drug-likeness (QED) is 0.716. The van der Waals surface area contributed by atoms with Gasteiger partial charge in [-0.25, -0.2) is 0 Å². The second-order valence-electron chi connectivity index (χ2n) is 7.41. The zero-order valence-electron chi connectivity index (χ0n) is 12.4. The predicted octanol–water partition coefficient (Wildman–Crippen LogP) is 3.78. The summed E-state index contributed by atoms with van der Waals surface area (Å²) in [5.41, 5.74) is 2.51. The van der Waals surface area contributed by atoms with Crippen LogP contribution in [0.2, 0.25) is 0 Å². The Bertz CT molecular complexity index is 611. The monoisotopic (exact) mass is 302 g/mol. The van der Waals surface area contributed by atoms with Crippen LogP contribution in [0, 0.1) is 17.3 Å². The van der Waals surface area contributed by atoms with Gasteiger partial charge in [-0.3, -0.25) is 0 Å². The van der Waals surface area contributed by atoms with Crippen molar-refractivity contribution in [2.75, 3.05) is 0 Å². The zero-order valence-corrected chi connectivity index (χ0v) is 13.2. The molecule has 1 aromatic carbocycles. The second-order valence-corrected chi connectivity index (χ2v) is 7.91. The van der Waals surface area contributed by atoms with Crippen molar-refractivity contribution in [3.8, 4) is 5.75 Å². The number of benzene rings is 1. The van der Waals surface area contributed by atoms with Crippen molar-refractivity contribution >= 4 is 17.1 Å². The molecule has 2 fully saturated rings. The number of fused-ring (bicyclic) bond motifs is 5. The molecule has 0 amide bonds. The maximum absolute atomic E-state index is 10.4. The lowest BCUT2D eigenvalue weighted by molar-refractivity contribution is -0.0175. The third kappa shape index (κ3) is 1.83. The van der Waals surface area contributed by atoms with Gasteiger partial charge in [0.05, 0.1) is 6.10 Å². The van der Waals surface area contributed by atoms with E-state index >= 15 is 0 Å². The van der Waals surface area contributed by atoms with E-state index in [4.69, 9.17) is 12.2 Å². The van der Waals surface area contributed by atoms with E-state index in [1.165, 1.54) is 5.56 Å². The summed E-state index contributed by atoms with van der Waals surface area (Å²) in [7, 11) is 0. The third-order valence-electron chi connectivity index (χ3n) is 6.54. The van der Waals surface area contributed by atoms with E-state index in [9.17, 15) is 10.2 Å². The largest absolute Gasteiger partial charge is 0.508 e. The first-order valence-electron chi connectivity index (χ1n) is 8.05. The number of thiocarbonyl (C=S) groups is 1. The van der Waals surface area contributed by atoms with Crippen molar-refractivity contribution in [2.45, 2.75) is 51.0 Å². The zero-order chi connectivity index (χ0) is 14.8. The smallest absolute Gasteiger partial charge is 0.116 e. The van der Waals surface area contributed by atoms with Crippen molar-refractivity contribution in [3.05, 3.63) is 29.3 Å². The normalized spacial score (nSPS) is 41.3. The van der Waals surface area contributed by atoms with Gasteiger partial charge >= 0.3 is 0 Å². The molecule has 21 heavy (non-hydrogen) atoms. The molecule has 4 rings (SSSR count). The Labute approximate surface area is 131 Å². The molecule has 0 bridgehead atoms. The van der Waals surface area contributed by atoms with Crippen LogP contribution in [0.4, 0.5) is 0 Å². The number of phenols is 1. The molecule has 0 radical (unpaired) electrons. The van der Waals surface area contributed by atoms with Gasteiger partial charge in [-0.1, -0.05) is 25.2 Å². The van der Waals surface area contributed by atoms with Gasteiger partial charge in [0.1, 0.15) is 5.75 Å². The van der Waals surface area contributed by atoms with Crippen LogP contribution in [0.3, 0.4) is 0 Å². The molecule has 2 N–H and O–H groups in total. The molecular formula is C18H22O2S. The van der Waals surface area contributed by atoms with Gasteiger partial charge in [0.2, 0.25) is 0 Å². The fourth-order valence-electron chi connectivity index (χ4n) is 5.36. The molecule has 0 saturated heterocycles. The highest BCUT2D eigenvalue weighted by Crippen LogP contribution is 2.60. The van der Waals surface area contributed by atoms with Crippen LogP contribution in [-0.4, -0.2) is 21.2 Å². The van der Waals surface area contributed by atoms with Crippen LogP contribution in [0.1, 0.15) is 56.1 Å². The van der Waals surface area contributed by atoms with E-state index < -0.39 is 0 Å². The first-order valence-corrected chi connectivity index (χ1v) is 8.46. The van der Waals surface area contributed by atoms with Crippen molar-refractivity contribution in [1.82, 2.24) is 0 Å². The molecule has 0 spiro atoms. The van der Waals surface area contributed by atoms with E-state index in [0.29, 0.717) is 23.5 Å². The first-order chi connectivity index (χ1) is 10.0. The Morgan fingerprint density at radius 3 is 2.86 bits per heavy atom. The molecule has 2 nitrogen and oxygen atoms in total. The minimum absolute atomic E-state index is 0.0885. The summed E-state index contributed by atoms with van der Waals surface area (Å²) >= 11 is 5.64. The third-order valence-corrected chi connectivity index (χ3v) is 6.93. The molecule has 0 aliphatic heterocycles. The van der Waals surface area contributed by atoms with Gasteiger partial charge in [0.25, 0.3) is 0 Å². The lowest BCUT2D eigenvalue weighted by Crippen LogP contribution is -2.44. The average Bonchev–Trinajstić information content (AvgIpc) is 2.76. The maximum atomic E-state index is 10.4. The van der Waals surface area contributed by atoms with E-state index in [1.54, 1.807) is 6.07 Å². The fourth-order valence-corrected chi connectivity index (χ4v) is 5.73. The fraction of sp³-hybridized carbons (Fsp3) is 0.611. The van der Waals surface area contributed by atoms with E-state index in [0.717, 1.165) is 42.5 Å². The van der Waals surface area contributed by atoms with Crippen LogP contribution in [0.25, 0.3) is 0 Å². The molecule has 3 heteroatoms. The van der Waals surface area contributed by atoms with Crippen LogP contribution in [0.5, 0.6) is 5.75 Å². The number of aliphatic hydroxyl groups excluding tert-OH is 1. The number of phenolic OH excluding ortho intramolecular Hbond substituents is 1. The molecule has 5 atom stereocenters. The second kappa shape index (κ2) is 4.53. The lowest BCUT2D eigenvalue weighted by atomic mass is 9.55. The summed E-state index contributed by atoms with van der Waals surface area (Å²) in [5, 5.41) is 20.1. The lowest BCUT2D eigenvalue weighted by Gasteiger charge is -2.50. The molecule has 1 aromatic rings. The average molecular weight is 302 g/mol. The SMILES string of the molecule is C[C@]12CC[C@@H]3c4ccc(O)cc4C(=S)C[C@H]3[C@@H]1CCC2O. The number of hydrogen-bond donors (Lipinski definition) is 2. The first kappa shape index (κ1) is 13.7. The Kier molecular flexibility index (Phi) is 2.96. The Hall–Kier alpha value is -0.930.